The highest BCUT2D eigenvalue weighted by molar-refractivity contribution is 9.10. The van der Waals surface area contributed by atoms with E-state index in [9.17, 15) is 4.79 Å². The molecule has 4 aromatic rings. The lowest BCUT2D eigenvalue weighted by atomic mass is 9.99. The Balaban J connectivity index is 1.29. The largest absolute Gasteiger partial charge is 0.488 e. The number of carbonyl (C=O) groups excluding carboxylic acids is 1. The van der Waals surface area contributed by atoms with Gasteiger partial charge in [-0.1, -0.05) is 77.9 Å². The maximum Gasteiger partial charge on any atom is 0.264 e. The van der Waals surface area contributed by atoms with Gasteiger partial charge >= 0.3 is 0 Å². The lowest BCUT2D eigenvalue weighted by molar-refractivity contribution is -0.113. The number of thioether (sulfide) groups is 1. The predicted octanol–water partition coefficient (Wildman–Crippen LogP) is 6.02. The Bertz CT molecular complexity index is 1430. The molecular weight excluding hydrogens is 578 g/mol. The summed E-state index contributed by atoms with van der Waals surface area (Å²) in [6.07, 6.45) is 2.69. The Morgan fingerprint density at radius 3 is 2.72 bits per heavy atom. The lowest BCUT2D eigenvalue weighted by Crippen LogP contribution is -2.17. The number of nitrogen functional groups attached to an aromatic ring is 1. The maximum absolute atomic E-state index is 12.4. The minimum absolute atomic E-state index is 0.133. The second-order valence-electron chi connectivity index (χ2n) is 8.77. The molecule has 202 valence electrons. The van der Waals surface area contributed by atoms with Gasteiger partial charge < -0.3 is 15.9 Å². The molecular formula is C28H30BrN7O2S. The van der Waals surface area contributed by atoms with E-state index in [1.54, 1.807) is 6.21 Å². The van der Waals surface area contributed by atoms with E-state index in [-0.39, 0.29) is 17.6 Å². The van der Waals surface area contributed by atoms with Gasteiger partial charge in [-0.15, -0.1) is 10.2 Å². The standard InChI is InChI=1S/C28H30BrN7O2S/c1-3-19(2)21-11-13-24(14-12-21)32-26(37)18-39-28-35-34-27(36(28)30)33-31-16-22-8-4-5-10-25(22)38-17-20-7-6-9-23(29)15-20/h4-16,19H,3,17-18,30H2,1-2H3,(H,32,37)(H,33,34)/b31-16+. The number of aromatic nitrogens is 3. The van der Waals surface area contributed by atoms with Crippen molar-refractivity contribution in [2.24, 2.45) is 5.10 Å². The smallest absolute Gasteiger partial charge is 0.264 e. The van der Waals surface area contributed by atoms with Crippen LogP contribution in [0.2, 0.25) is 0 Å². The van der Waals surface area contributed by atoms with Gasteiger partial charge in [0, 0.05) is 15.7 Å². The highest BCUT2D eigenvalue weighted by Crippen LogP contribution is 2.22. The van der Waals surface area contributed by atoms with Gasteiger partial charge in [0.15, 0.2) is 0 Å². The molecule has 9 nitrogen and oxygen atoms in total. The van der Waals surface area contributed by atoms with Crippen LogP contribution in [0.1, 0.15) is 42.9 Å². The molecule has 1 amide bonds. The number of ether oxygens (including phenoxy) is 1. The van der Waals surface area contributed by atoms with Crippen molar-refractivity contribution in [1.29, 1.82) is 0 Å². The van der Waals surface area contributed by atoms with E-state index in [1.165, 1.54) is 22.0 Å². The first kappa shape index (κ1) is 28.2. The third-order valence-corrected chi connectivity index (χ3v) is 7.38. The Morgan fingerprint density at radius 2 is 1.95 bits per heavy atom. The van der Waals surface area contributed by atoms with Crippen molar-refractivity contribution in [1.82, 2.24) is 14.9 Å². The van der Waals surface area contributed by atoms with Crippen LogP contribution in [0.15, 0.2) is 87.5 Å². The van der Waals surface area contributed by atoms with E-state index in [1.807, 2.05) is 72.8 Å². The number of hydrogen-bond acceptors (Lipinski definition) is 8. The van der Waals surface area contributed by atoms with Crippen molar-refractivity contribution in [3.8, 4) is 5.75 Å². The van der Waals surface area contributed by atoms with E-state index in [0.29, 0.717) is 23.4 Å². The monoisotopic (exact) mass is 607 g/mol. The van der Waals surface area contributed by atoms with E-state index in [4.69, 9.17) is 10.6 Å². The molecule has 0 aliphatic rings. The van der Waals surface area contributed by atoms with E-state index >= 15 is 0 Å². The predicted molar refractivity (Wildman–Crippen MR) is 161 cm³/mol. The van der Waals surface area contributed by atoms with Crippen molar-refractivity contribution in [3.63, 3.8) is 0 Å². The number of nitrogens with two attached hydrogens (primary N) is 1. The number of nitrogens with one attached hydrogen (secondary N) is 2. The summed E-state index contributed by atoms with van der Waals surface area (Å²) in [6, 6.07) is 23.4. The number of para-hydroxylation sites is 1. The van der Waals surface area contributed by atoms with E-state index in [0.717, 1.165) is 27.7 Å². The summed E-state index contributed by atoms with van der Waals surface area (Å²) < 4.78 is 8.24. The van der Waals surface area contributed by atoms with Gasteiger partial charge in [0.05, 0.1) is 12.0 Å². The minimum atomic E-state index is -0.161. The van der Waals surface area contributed by atoms with Crippen LogP contribution in [-0.2, 0) is 11.4 Å². The molecule has 0 saturated carbocycles. The zero-order chi connectivity index (χ0) is 27.6. The minimum Gasteiger partial charge on any atom is -0.488 e. The quantitative estimate of drug-likeness (QED) is 0.0779. The second-order valence-corrected chi connectivity index (χ2v) is 10.6. The number of carbonyl (C=O) groups is 1. The fourth-order valence-corrected chi connectivity index (χ4v) is 4.68. The average Bonchev–Trinajstić information content (AvgIpc) is 3.30. The Morgan fingerprint density at radius 1 is 1.15 bits per heavy atom. The highest BCUT2D eigenvalue weighted by Gasteiger charge is 2.13. The fraction of sp³-hybridized carbons (Fsp3) is 0.214. The first-order valence-corrected chi connectivity index (χ1v) is 14.2. The molecule has 3 aromatic carbocycles. The van der Waals surface area contributed by atoms with Crippen LogP contribution in [0.5, 0.6) is 5.75 Å². The van der Waals surface area contributed by atoms with Crippen molar-refractivity contribution in [2.45, 2.75) is 37.9 Å². The molecule has 0 aliphatic carbocycles. The zero-order valence-corrected chi connectivity index (χ0v) is 24.1. The van der Waals surface area contributed by atoms with Gasteiger partial charge in [0.2, 0.25) is 11.1 Å². The van der Waals surface area contributed by atoms with Crippen molar-refractivity contribution >= 4 is 51.4 Å². The molecule has 0 bridgehead atoms. The Hall–Kier alpha value is -3.83. The van der Waals surface area contributed by atoms with Crippen molar-refractivity contribution in [2.75, 3.05) is 22.3 Å². The summed E-state index contributed by atoms with van der Waals surface area (Å²) >= 11 is 4.66. The molecule has 0 saturated heterocycles. The molecule has 4 rings (SSSR count). The van der Waals surface area contributed by atoms with Gasteiger partial charge in [-0.25, -0.2) is 10.1 Å². The van der Waals surface area contributed by atoms with E-state index < -0.39 is 0 Å². The van der Waals surface area contributed by atoms with E-state index in [2.05, 4.69) is 55.8 Å². The van der Waals surface area contributed by atoms with Crippen molar-refractivity contribution < 1.29 is 9.53 Å². The maximum atomic E-state index is 12.4. The normalized spacial score (nSPS) is 11.9. The van der Waals surface area contributed by atoms with Crippen LogP contribution in [-0.4, -0.2) is 32.7 Å². The first-order valence-electron chi connectivity index (χ1n) is 12.4. The van der Waals surface area contributed by atoms with Crippen LogP contribution >= 0.6 is 27.7 Å². The summed E-state index contributed by atoms with van der Waals surface area (Å²) in [6.45, 7) is 4.76. The molecule has 1 aromatic heterocycles. The third kappa shape index (κ3) is 8.08. The summed E-state index contributed by atoms with van der Waals surface area (Å²) in [7, 11) is 0. The lowest BCUT2D eigenvalue weighted by Gasteiger charge is -2.10. The van der Waals surface area contributed by atoms with Crippen molar-refractivity contribution in [3.05, 3.63) is 94.0 Å². The molecule has 39 heavy (non-hydrogen) atoms. The summed E-state index contributed by atoms with van der Waals surface area (Å²) in [4.78, 5) is 12.4. The Kier molecular flexibility index (Phi) is 9.98. The molecule has 0 radical (unpaired) electrons. The van der Waals surface area contributed by atoms with Crippen LogP contribution in [0.4, 0.5) is 11.6 Å². The molecule has 4 N–H and O–H groups in total. The Labute approximate surface area is 240 Å². The molecule has 1 atom stereocenters. The number of halogens is 1. The van der Waals surface area contributed by atoms with Gasteiger partial charge in [-0.2, -0.15) is 5.10 Å². The molecule has 0 aliphatic heterocycles. The summed E-state index contributed by atoms with van der Waals surface area (Å²) in [5.41, 5.74) is 6.62. The van der Waals surface area contributed by atoms with Gasteiger partial charge in [-0.05, 0) is 59.9 Å². The number of benzene rings is 3. The number of hydrogen-bond donors (Lipinski definition) is 3. The van der Waals surface area contributed by atoms with Gasteiger partial charge in [0.1, 0.15) is 12.4 Å². The van der Waals surface area contributed by atoms with Crippen LogP contribution in [0.3, 0.4) is 0 Å². The SMILES string of the molecule is CCC(C)c1ccc(NC(=O)CSc2nnc(N/N=C/c3ccccc3OCc3cccc(Br)c3)n2N)cc1. The van der Waals surface area contributed by atoms with Gasteiger partial charge in [0.25, 0.3) is 5.95 Å². The molecule has 0 fully saturated rings. The number of nitrogens with zero attached hydrogens (tertiary/aromatic N) is 4. The second kappa shape index (κ2) is 13.8. The first-order chi connectivity index (χ1) is 18.9. The van der Waals surface area contributed by atoms with Crippen LogP contribution < -0.4 is 21.3 Å². The average molecular weight is 609 g/mol. The van der Waals surface area contributed by atoms with Gasteiger partial charge in [-0.3, -0.25) is 4.79 Å². The highest BCUT2D eigenvalue weighted by atomic mass is 79.9. The zero-order valence-electron chi connectivity index (χ0n) is 21.7. The summed E-state index contributed by atoms with van der Waals surface area (Å²) in [5.74, 6) is 7.49. The van der Waals surface area contributed by atoms with Crippen LogP contribution in [0, 0.1) is 0 Å². The number of rotatable bonds is 12. The fourth-order valence-electron chi connectivity index (χ4n) is 3.58. The molecule has 0 spiro atoms. The topological polar surface area (TPSA) is 119 Å². The number of anilines is 2. The molecule has 1 unspecified atom stereocenters. The summed E-state index contributed by atoms with van der Waals surface area (Å²) in [5, 5.41) is 15.6. The number of amides is 1. The third-order valence-electron chi connectivity index (χ3n) is 5.94. The molecule has 11 heteroatoms. The molecule has 1 heterocycles. The van der Waals surface area contributed by atoms with Crippen LogP contribution in [0.25, 0.3) is 0 Å². The number of hydrazone groups is 1.